The third-order valence-electron chi connectivity index (χ3n) is 2.91. The molecule has 0 radical (unpaired) electrons. The molecule has 4 nitrogen and oxygen atoms in total. The van der Waals surface area contributed by atoms with Crippen LogP contribution in [0.15, 0.2) is 18.2 Å². The molecule has 2 rings (SSSR count). The summed E-state index contributed by atoms with van der Waals surface area (Å²) in [4.78, 5) is 2.38. The molecular weight excluding hydrogens is 228 g/mol. The number of nitrogens with two attached hydrogens (primary N) is 1. The number of hydrogen-bond acceptors (Lipinski definition) is 4. The molecule has 0 saturated carbocycles. The average Bonchev–Trinajstić information content (AvgIpc) is 2.75. The highest BCUT2D eigenvalue weighted by atomic mass is 16.7. The van der Waals surface area contributed by atoms with Crippen LogP contribution in [0.2, 0.25) is 0 Å². The Balaban J connectivity index is 2.01. The lowest BCUT2D eigenvalue weighted by Gasteiger charge is -2.23. The fourth-order valence-corrected chi connectivity index (χ4v) is 2.23. The van der Waals surface area contributed by atoms with Gasteiger partial charge in [-0.25, -0.2) is 0 Å². The standard InChI is InChI=1S/C14H22N2O2/c1-11(2)8-16(6-5-15)9-12-3-4-13-14(7-12)18-10-17-13/h3-4,7,11H,5-6,8-10,15H2,1-2H3. The van der Waals surface area contributed by atoms with Crippen molar-refractivity contribution in [1.82, 2.24) is 4.90 Å². The molecule has 100 valence electrons. The summed E-state index contributed by atoms with van der Waals surface area (Å²) in [5.74, 6) is 2.34. The lowest BCUT2D eigenvalue weighted by molar-refractivity contribution is 0.174. The molecule has 0 spiro atoms. The van der Waals surface area contributed by atoms with Gasteiger partial charge >= 0.3 is 0 Å². The van der Waals surface area contributed by atoms with Crippen LogP contribution in [0.4, 0.5) is 0 Å². The summed E-state index contributed by atoms with van der Waals surface area (Å²) in [7, 11) is 0. The van der Waals surface area contributed by atoms with Crippen molar-refractivity contribution in [2.45, 2.75) is 20.4 Å². The molecule has 18 heavy (non-hydrogen) atoms. The van der Waals surface area contributed by atoms with E-state index in [2.05, 4.69) is 30.9 Å². The highest BCUT2D eigenvalue weighted by Gasteiger charge is 2.14. The topological polar surface area (TPSA) is 47.7 Å². The molecule has 1 aliphatic rings. The molecule has 0 amide bonds. The zero-order chi connectivity index (χ0) is 13.0. The van der Waals surface area contributed by atoms with E-state index >= 15 is 0 Å². The van der Waals surface area contributed by atoms with Crippen LogP contribution < -0.4 is 15.2 Å². The molecule has 0 aliphatic carbocycles. The van der Waals surface area contributed by atoms with Gasteiger partial charge in [0.15, 0.2) is 11.5 Å². The van der Waals surface area contributed by atoms with Gasteiger partial charge in [-0.05, 0) is 23.6 Å². The first-order valence-electron chi connectivity index (χ1n) is 6.50. The van der Waals surface area contributed by atoms with E-state index in [4.69, 9.17) is 15.2 Å². The third kappa shape index (κ3) is 3.37. The Bertz CT molecular complexity index is 393. The fraction of sp³-hybridized carbons (Fsp3) is 0.571. The molecule has 1 aromatic rings. The summed E-state index contributed by atoms with van der Waals surface area (Å²) in [6.07, 6.45) is 0. The Morgan fingerprint density at radius 2 is 2.06 bits per heavy atom. The van der Waals surface area contributed by atoms with Crippen molar-refractivity contribution >= 4 is 0 Å². The van der Waals surface area contributed by atoms with E-state index in [0.29, 0.717) is 19.3 Å². The smallest absolute Gasteiger partial charge is 0.231 e. The number of ether oxygens (including phenoxy) is 2. The van der Waals surface area contributed by atoms with Crippen LogP contribution in [-0.2, 0) is 6.54 Å². The number of fused-ring (bicyclic) bond motifs is 1. The number of rotatable bonds is 6. The molecule has 0 aromatic heterocycles. The van der Waals surface area contributed by atoms with Gasteiger partial charge in [-0.15, -0.1) is 0 Å². The molecule has 0 saturated heterocycles. The maximum absolute atomic E-state index is 5.66. The van der Waals surface area contributed by atoms with Crippen molar-refractivity contribution in [3.8, 4) is 11.5 Å². The van der Waals surface area contributed by atoms with Crippen LogP contribution in [0.1, 0.15) is 19.4 Å². The van der Waals surface area contributed by atoms with Gasteiger partial charge in [-0.1, -0.05) is 19.9 Å². The Hall–Kier alpha value is -1.26. The fourth-order valence-electron chi connectivity index (χ4n) is 2.23. The Labute approximate surface area is 109 Å². The molecule has 1 aliphatic heterocycles. The maximum atomic E-state index is 5.66. The Morgan fingerprint density at radius 1 is 1.28 bits per heavy atom. The van der Waals surface area contributed by atoms with Crippen LogP contribution in [0.5, 0.6) is 11.5 Å². The minimum atomic E-state index is 0.331. The zero-order valence-corrected chi connectivity index (χ0v) is 11.2. The minimum absolute atomic E-state index is 0.331. The van der Waals surface area contributed by atoms with Crippen molar-refractivity contribution < 1.29 is 9.47 Å². The van der Waals surface area contributed by atoms with E-state index in [1.807, 2.05) is 6.07 Å². The summed E-state index contributed by atoms with van der Waals surface area (Å²) in [5.41, 5.74) is 6.91. The minimum Gasteiger partial charge on any atom is -0.454 e. The third-order valence-corrected chi connectivity index (χ3v) is 2.91. The van der Waals surface area contributed by atoms with Gasteiger partial charge in [0, 0.05) is 26.2 Å². The summed E-state index contributed by atoms with van der Waals surface area (Å²) >= 11 is 0. The van der Waals surface area contributed by atoms with Gasteiger partial charge in [0.05, 0.1) is 0 Å². The molecule has 4 heteroatoms. The molecule has 1 heterocycles. The first-order chi connectivity index (χ1) is 8.69. The van der Waals surface area contributed by atoms with E-state index in [1.165, 1.54) is 5.56 Å². The molecule has 0 unspecified atom stereocenters. The van der Waals surface area contributed by atoms with Gasteiger partial charge in [0.2, 0.25) is 6.79 Å². The number of hydrogen-bond donors (Lipinski definition) is 1. The lowest BCUT2D eigenvalue weighted by atomic mass is 10.1. The van der Waals surface area contributed by atoms with Crippen molar-refractivity contribution in [3.63, 3.8) is 0 Å². The van der Waals surface area contributed by atoms with Gasteiger partial charge in [0.1, 0.15) is 0 Å². The molecule has 2 N–H and O–H groups in total. The SMILES string of the molecule is CC(C)CN(CCN)Cc1ccc2c(c1)OCO2. The highest BCUT2D eigenvalue weighted by molar-refractivity contribution is 5.44. The quantitative estimate of drug-likeness (QED) is 0.837. The number of benzene rings is 1. The zero-order valence-electron chi connectivity index (χ0n) is 11.2. The molecular formula is C14H22N2O2. The van der Waals surface area contributed by atoms with Crippen LogP contribution in [0.25, 0.3) is 0 Å². The van der Waals surface area contributed by atoms with Crippen LogP contribution in [-0.4, -0.2) is 31.3 Å². The van der Waals surface area contributed by atoms with Crippen molar-refractivity contribution in [1.29, 1.82) is 0 Å². The van der Waals surface area contributed by atoms with Gasteiger partial charge < -0.3 is 15.2 Å². The van der Waals surface area contributed by atoms with Crippen LogP contribution in [0.3, 0.4) is 0 Å². The van der Waals surface area contributed by atoms with E-state index in [0.717, 1.165) is 31.1 Å². The van der Waals surface area contributed by atoms with E-state index < -0.39 is 0 Å². The van der Waals surface area contributed by atoms with Crippen molar-refractivity contribution in [2.75, 3.05) is 26.4 Å². The summed E-state index contributed by atoms with van der Waals surface area (Å²) in [5, 5.41) is 0. The first-order valence-corrected chi connectivity index (χ1v) is 6.50. The van der Waals surface area contributed by atoms with E-state index in [9.17, 15) is 0 Å². The van der Waals surface area contributed by atoms with Gasteiger partial charge in [-0.3, -0.25) is 4.90 Å². The largest absolute Gasteiger partial charge is 0.454 e. The summed E-state index contributed by atoms with van der Waals surface area (Å²) in [6.45, 7) is 8.37. The highest BCUT2D eigenvalue weighted by Crippen LogP contribution is 2.32. The van der Waals surface area contributed by atoms with E-state index in [-0.39, 0.29) is 0 Å². The predicted molar refractivity (Wildman–Crippen MR) is 71.7 cm³/mol. The van der Waals surface area contributed by atoms with Crippen molar-refractivity contribution in [3.05, 3.63) is 23.8 Å². The predicted octanol–water partition coefficient (Wildman–Crippen LogP) is 1.83. The Morgan fingerprint density at radius 3 is 2.78 bits per heavy atom. The average molecular weight is 250 g/mol. The molecule has 0 atom stereocenters. The lowest BCUT2D eigenvalue weighted by Crippen LogP contribution is -2.32. The maximum Gasteiger partial charge on any atom is 0.231 e. The van der Waals surface area contributed by atoms with Crippen LogP contribution in [0, 0.1) is 5.92 Å². The van der Waals surface area contributed by atoms with Gasteiger partial charge in [-0.2, -0.15) is 0 Å². The van der Waals surface area contributed by atoms with Crippen LogP contribution >= 0.6 is 0 Å². The first kappa shape index (κ1) is 13.2. The molecule has 1 aromatic carbocycles. The van der Waals surface area contributed by atoms with E-state index in [1.54, 1.807) is 0 Å². The Kier molecular flexibility index (Phi) is 4.44. The second kappa shape index (κ2) is 6.07. The van der Waals surface area contributed by atoms with Crippen molar-refractivity contribution in [2.24, 2.45) is 11.7 Å². The normalized spacial score (nSPS) is 13.6. The second-order valence-corrected chi connectivity index (χ2v) is 5.11. The molecule has 0 bridgehead atoms. The van der Waals surface area contributed by atoms with Gasteiger partial charge in [0.25, 0.3) is 0 Å². The summed E-state index contributed by atoms with van der Waals surface area (Å²) in [6, 6.07) is 6.14. The second-order valence-electron chi connectivity index (χ2n) is 5.11. The monoisotopic (exact) mass is 250 g/mol. The number of nitrogens with zero attached hydrogens (tertiary/aromatic N) is 1. The summed E-state index contributed by atoms with van der Waals surface area (Å²) < 4.78 is 10.7. The molecule has 0 fully saturated rings.